The second-order valence-electron chi connectivity index (χ2n) is 4.53. The number of sulfonamides is 1. The van der Waals surface area contributed by atoms with E-state index in [1.165, 1.54) is 4.31 Å². The Morgan fingerprint density at radius 2 is 2.06 bits per heavy atom. The highest BCUT2D eigenvalue weighted by Gasteiger charge is 2.27. The fourth-order valence-corrected chi connectivity index (χ4v) is 3.10. The van der Waals surface area contributed by atoms with Gasteiger partial charge in [0.1, 0.15) is 16.4 Å². The Morgan fingerprint density at radius 1 is 1.44 bits per heavy atom. The summed E-state index contributed by atoms with van der Waals surface area (Å²) in [7, 11) is -1.88. The predicted octanol–water partition coefficient (Wildman–Crippen LogP) is 1.73. The molecule has 1 aromatic heterocycles. The molecule has 0 atom stereocenters. The molecule has 0 unspecified atom stereocenters. The second kappa shape index (κ2) is 5.86. The first kappa shape index (κ1) is 15.2. The predicted molar refractivity (Wildman–Crippen MR) is 70.9 cm³/mol. The van der Waals surface area contributed by atoms with Gasteiger partial charge in [0.05, 0.1) is 6.54 Å². The molecule has 1 heterocycles. The van der Waals surface area contributed by atoms with Gasteiger partial charge in [-0.1, -0.05) is 6.92 Å². The van der Waals surface area contributed by atoms with E-state index in [2.05, 4.69) is 5.32 Å². The Labute approximate surface area is 109 Å². The van der Waals surface area contributed by atoms with E-state index in [1.807, 2.05) is 20.8 Å². The molecule has 1 rings (SSSR count). The summed E-state index contributed by atoms with van der Waals surface area (Å²) in [4.78, 5) is 0.256. The summed E-state index contributed by atoms with van der Waals surface area (Å²) in [5, 5.41) is 3.11. The number of rotatable bonds is 6. The van der Waals surface area contributed by atoms with Crippen LogP contribution in [0.15, 0.2) is 15.4 Å². The molecule has 5 nitrogen and oxygen atoms in total. The minimum atomic E-state index is -3.46. The number of nitrogens with zero attached hydrogens (tertiary/aromatic N) is 1. The fourth-order valence-electron chi connectivity index (χ4n) is 1.55. The van der Waals surface area contributed by atoms with Gasteiger partial charge < -0.3 is 9.73 Å². The third-order valence-electron chi connectivity index (χ3n) is 2.86. The third kappa shape index (κ3) is 3.13. The van der Waals surface area contributed by atoms with E-state index in [0.717, 1.165) is 6.54 Å². The van der Waals surface area contributed by atoms with E-state index in [0.29, 0.717) is 18.1 Å². The molecule has 0 amide bonds. The molecule has 0 saturated carbocycles. The van der Waals surface area contributed by atoms with Crippen LogP contribution in [0.1, 0.15) is 32.3 Å². The first-order valence-corrected chi connectivity index (χ1v) is 7.52. The Balaban J connectivity index is 3.06. The van der Waals surface area contributed by atoms with Crippen molar-refractivity contribution < 1.29 is 12.8 Å². The Morgan fingerprint density at radius 3 is 2.56 bits per heavy atom. The average Bonchev–Trinajstić information content (AvgIpc) is 2.67. The molecule has 1 N–H and O–H groups in total. The molecule has 18 heavy (non-hydrogen) atoms. The van der Waals surface area contributed by atoms with Gasteiger partial charge in [-0.25, -0.2) is 8.42 Å². The van der Waals surface area contributed by atoms with Crippen LogP contribution in [-0.4, -0.2) is 32.4 Å². The highest BCUT2D eigenvalue weighted by molar-refractivity contribution is 7.89. The van der Waals surface area contributed by atoms with Crippen LogP contribution in [0.2, 0.25) is 0 Å². The van der Waals surface area contributed by atoms with E-state index in [1.54, 1.807) is 20.0 Å². The van der Waals surface area contributed by atoms with Gasteiger partial charge in [0, 0.05) is 19.2 Å². The van der Waals surface area contributed by atoms with Gasteiger partial charge in [0.2, 0.25) is 10.0 Å². The van der Waals surface area contributed by atoms with Crippen LogP contribution in [0.3, 0.4) is 0 Å². The summed E-state index contributed by atoms with van der Waals surface area (Å²) in [5.74, 6) is 1.08. The van der Waals surface area contributed by atoms with Crippen LogP contribution in [-0.2, 0) is 16.6 Å². The molecular formula is C12H22N2O3S. The first-order valence-electron chi connectivity index (χ1n) is 6.08. The van der Waals surface area contributed by atoms with E-state index in [9.17, 15) is 8.42 Å². The lowest BCUT2D eigenvalue weighted by Gasteiger charge is -2.20. The first-order chi connectivity index (χ1) is 8.30. The second-order valence-corrected chi connectivity index (χ2v) is 6.49. The Hall–Kier alpha value is -0.850. The molecule has 0 aliphatic rings. The summed E-state index contributed by atoms with van der Waals surface area (Å²) in [5.41, 5.74) is 0. The summed E-state index contributed by atoms with van der Waals surface area (Å²) in [6.45, 7) is 8.70. The minimum absolute atomic E-state index is 0.0819. The van der Waals surface area contributed by atoms with Crippen molar-refractivity contribution in [3.8, 4) is 0 Å². The van der Waals surface area contributed by atoms with Gasteiger partial charge in [-0.2, -0.15) is 4.31 Å². The Kier molecular flexibility index (Phi) is 4.95. The fraction of sp³-hybridized carbons (Fsp3) is 0.667. The van der Waals surface area contributed by atoms with Gasteiger partial charge in [-0.05, 0) is 27.3 Å². The summed E-state index contributed by atoms with van der Waals surface area (Å²) < 4.78 is 31.5. The summed E-state index contributed by atoms with van der Waals surface area (Å²) >= 11 is 0. The van der Waals surface area contributed by atoms with Gasteiger partial charge in [-0.15, -0.1) is 0 Å². The van der Waals surface area contributed by atoms with Crippen molar-refractivity contribution in [1.82, 2.24) is 9.62 Å². The molecule has 0 saturated heterocycles. The SMILES string of the molecule is CCNCc1cc(S(=O)(=O)N(C)C(C)C)c(C)o1. The smallest absolute Gasteiger partial charge is 0.246 e. The van der Waals surface area contributed by atoms with Crippen LogP contribution in [0.5, 0.6) is 0 Å². The zero-order chi connectivity index (χ0) is 13.9. The minimum Gasteiger partial charge on any atom is -0.464 e. The quantitative estimate of drug-likeness (QED) is 0.858. The number of nitrogens with one attached hydrogen (secondary N) is 1. The zero-order valence-corrected chi connectivity index (χ0v) is 12.5. The maximum Gasteiger partial charge on any atom is 0.246 e. The van der Waals surface area contributed by atoms with Crippen LogP contribution in [0, 0.1) is 6.92 Å². The van der Waals surface area contributed by atoms with Crippen molar-refractivity contribution in [3.63, 3.8) is 0 Å². The number of aryl methyl sites for hydroxylation is 1. The third-order valence-corrected chi connectivity index (χ3v) is 5.00. The van der Waals surface area contributed by atoms with Crippen molar-refractivity contribution >= 4 is 10.0 Å². The lowest BCUT2D eigenvalue weighted by atomic mass is 10.4. The van der Waals surface area contributed by atoms with Gasteiger partial charge >= 0.3 is 0 Å². The number of hydrogen-bond acceptors (Lipinski definition) is 4. The lowest BCUT2D eigenvalue weighted by molar-refractivity contribution is 0.407. The van der Waals surface area contributed by atoms with E-state index >= 15 is 0 Å². The topological polar surface area (TPSA) is 62.6 Å². The van der Waals surface area contributed by atoms with Crippen LogP contribution in [0.25, 0.3) is 0 Å². The monoisotopic (exact) mass is 274 g/mol. The molecule has 6 heteroatoms. The normalized spacial score (nSPS) is 12.6. The molecule has 1 aromatic rings. The zero-order valence-electron chi connectivity index (χ0n) is 11.6. The molecule has 0 spiro atoms. The lowest BCUT2D eigenvalue weighted by Crippen LogP contribution is -2.33. The molecule has 104 valence electrons. The molecular weight excluding hydrogens is 252 g/mol. The molecule has 0 aromatic carbocycles. The van der Waals surface area contributed by atoms with Crippen molar-refractivity contribution in [2.45, 2.75) is 45.2 Å². The number of hydrogen-bond donors (Lipinski definition) is 1. The highest BCUT2D eigenvalue weighted by atomic mass is 32.2. The summed E-state index contributed by atoms with van der Waals surface area (Å²) in [6.07, 6.45) is 0. The standard InChI is InChI=1S/C12H22N2O3S/c1-6-13-8-11-7-12(10(4)17-11)18(15,16)14(5)9(2)3/h7,9,13H,6,8H2,1-5H3. The van der Waals surface area contributed by atoms with Gasteiger partial charge in [0.15, 0.2) is 0 Å². The van der Waals surface area contributed by atoms with Crippen molar-refractivity contribution in [2.75, 3.05) is 13.6 Å². The maximum absolute atomic E-state index is 12.3. The summed E-state index contributed by atoms with van der Waals surface area (Å²) in [6, 6.07) is 1.52. The largest absolute Gasteiger partial charge is 0.464 e. The molecule has 0 bridgehead atoms. The van der Waals surface area contributed by atoms with Crippen LogP contribution >= 0.6 is 0 Å². The molecule has 0 aliphatic carbocycles. The van der Waals surface area contributed by atoms with E-state index < -0.39 is 10.0 Å². The Bertz CT molecular complexity index is 491. The molecule has 0 aliphatic heterocycles. The highest BCUT2D eigenvalue weighted by Crippen LogP contribution is 2.24. The number of furan rings is 1. The van der Waals surface area contributed by atoms with Gasteiger partial charge in [-0.3, -0.25) is 0 Å². The van der Waals surface area contributed by atoms with E-state index in [4.69, 9.17) is 4.42 Å². The van der Waals surface area contributed by atoms with Crippen LogP contribution < -0.4 is 5.32 Å². The van der Waals surface area contributed by atoms with Crippen molar-refractivity contribution in [2.24, 2.45) is 0 Å². The maximum atomic E-state index is 12.3. The van der Waals surface area contributed by atoms with Gasteiger partial charge in [0.25, 0.3) is 0 Å². The average molecular weight is 274 g/mol. The van der Waals surface area contributed by atoms with E-state index in [-0.39, 0.29) is 10.9 Å². The van der Waals surface area contributed by atoms with Crippen molar-refractivity contribution in [1.29, 1.82) is 0 Å². The van der Waals surface area contributed by atoms with Crippen molar-refractivity contribution in [3.05, 3.63) is 17.6 Å². The molecule has 0 fully saturated rings. The molecule has 0 radical (unpaired) electrons. The van der Waals surface area contributed by atoms with Crippen LogP contribution in [0.4, 0.5) is 0 Å².